The van der Waals surface area contributed by atoms with E-state index in [1.807, 2.05) is 69.2 Å². The maximum atomic E-state index is 14.0. The highest BCUT2D eigenvalue weighted by Gasteiger charge is 2.44. The molecule has 2 aromatic carbocycles. The lowest BCUT2D eigenvalue weighted by molar-refractivity contribution is -0.129. The lowest BCUT2D eigenvalue weighted by Gasteiger charge is -2.28. The summed E-state index contributed by atoms with van der Waals surface area (Å²) in [6.45, 7) is 6.49. The van der Waals surface area contributed by atoms with E-state index in [4.69, 9.17) is 9.47 Å². The molecule has 200 valence electrons. The van der Waals surface area contributed by atoms with Crippen LogP contribution in [0.15, 0.2) is 59.9 Å². The molecule has 0 bridgehead atoms. The smallest absolute Gasteiger partial charge is 0.290 e. The van der Waals surface area contributed by atoms with Gasteiger partial charge in [-0.05, 0) is 52.6 Å². The van der Waals surface area contributed by atoms with Gasteiger partial charge in [0.2, 0.25) is 5.78 Å². The van der Waals surface area contributed by atoms with Crippen molar-refractivity contribution in [3.63, 3.8) is 0 Å². The fourth-order valence-electron chi connectivity index (χ4n) is 4.41. The van der Waals surface area contributed by atoms with Gasteiger partial charge in [0.25, 0.3) is 5.91 Å². The van der Waals surface area contributed by atoms with Crippen LogP contribution >= 0.6 is 11.3 Å². The molecular weight excluding hydrogens is 502 g/mol. The fraction of sp³-hybridized carbons (Fsp3) is 0.345. The Morgan fingerprint density at radius 1 is 1.16 bits per heavy atom. The molecule has 1 aliphatic rings. The number of Topliss-reactive ketones (excluding diaryl/α,β-unsaturated/α-hetero) is 1. The van der Waals surface area contributed by atoms with Crippen LogP contribution in [0.3, 0.4) is 0 Å². The normalized spacial score (nSPS) is 15.6. The van der Waals surface area contributed by atoms with Gasteiger partial charge in [-0.15, -0.1) is 11.3 Å². The van der Waals surface area contributed by atoms with Crippen molar-refractivity contribution in [3.8, 4) is 22.1 Å². The van der Waals surface area contributed by atoms with Crippen molar-refractivity contribution in [2.75, 3.05) is 34.3 Å². The van der Waals surface area contributed by atoms with Gasteiger partial charge in [-0.2, -0.15) is 0 Å². The molecule has 1 aliphatic heterocycles. The minimum atomic E-state index is -0.793. The van der Waals surface area contributed by atoms with Crippen LogP contribution in [0.4, 0.5) is 0 Å². The van der Waals surface area contributed by atoms with Gasteiger partial charge in [-0.3, -0.25) is 9.59 Å². The Hall–Kier alpha value is -3.69. The van der Waals surface area contributed by atoms with Crippen molar-refractivity contribution in [1.29, 1.82) is 0 Å². The zero-order valence-electron chi connectivity index (χ0n) is 22.5. The molecule has 1 atom stereocenters. The highest BCUT2D eigenvalue weighted by atomic mass is 32.1. The first-order chi connectivity index (χ1) is 18.1. The summed E-state index contributed by atoms with van der Waals surface area (Å²) in [5.74, 6) is -0.481. The first-order valence-corrected chi connectivity index (χ1v) is 13.2. The number of amides is 1. The van der Waals surface area contributed by atoms with Crippen LogP contribution in [-0.4, -0.2) is 72.0 Å². The standard InChI is InChI=1S/C29H33N3O5S/c1-17(2)37-21-13-12-20(16-22(21)36-6)24-23(26(34)29(35)32(24)15-14-31(4)5)25(33)27-18(3)30-28(38-27)19-10-8-7-9-11-19/h7-13,16-17,24,34H,14-15H2,1-6H3. The summed E-state index contributed by atoms with van der Waals surface area (Å²) in [4.78, 5) is 35.8. The van der Waals surface area contributed by atoms with Crippen molar-refractivity contribution in [3.05, 3.63) is 76.0 Å². The van der Waals surface area contributed by atoms with Crippen molar-refractivity contribution in [2.45, 2.75) is 32.9 Å². The molecule has 8 nitrogen and oxygen atoms in total. The van der Waals surface area contributed by atoms with Crippen LogP contribution in [-0.2, 0) is 4.79 Å². The first-order valence-electron chi connectivity index (χ1n) is 12.4. The maximum Gasteiger partial charge on any atom is 0.290 e. The van der Waals surface area contributed by atoms with Crippen LogP contribution in [0, 0.1) is 6.92 Å². The number of aliphatic hydroxyl groups is 1. The maximum absolute atomic E-state index is 14.0. The average molecular weight is 536 g/mol. The van der Waals surface area contributed by atoms with Crippen LogP contribution < -0.4 is 9.47 Å². The molecule has 3 aromatic rings. The van der Waals surface area contributed by atoms with Gasteiger partial charge in [0.1, 0.15) is 5.01 Å². The van der Waals surface area contributed by atoms with Gasteiger partial charge < -0.3 is 24.4 Å². The quantitative estimate of drug-likeness (QED) is 0.363. The Balaban J connectivity index is 1.79. The van der Waals surface area contributed by atoms with E-state index in [1.54, 1.807) is 26.2 Å². The van der Waals surface area contributed by atoms with E-state index >= 15 is 0 Å². The second kappa shape index (κ2) is 11.4. The lowest BCUT2D eigenvalue weighted by Crippen LogP contribution is -2.36. The first kappa shape index (κ1) is 27.3. The molecule has 2 heterocycles. The fourth-order valence-corrected chi connectivity index (χ4v) is 5.44. The Bertz CT molecular complexity index is 1360. The highest BCUT2D eigenvalue weighted by Crippen LogP contribution is 2.43. The molecule has 0 saturated carbocycles. The number of ketones is 1. The van der Waals surface area contributed by atoms with Gasteiger partial charge in [0.15, 0.2) is 17.3 Å². The average Bonchev–Trinajstić information content (AvgIpc) is 3.40. The number of ether oxygens (including phenoxy) is 2. The second-order valence-corrected chi connectivity index (χ2v) is 10.7. The number of aryl methyl sites for hydroxylation is 1. The monoisotopic (exact) mass is 535 g/mol. The summed E-state index contributed by atoms with van der Waals surface area (Å²) in [6.07, 6.45) is -0.0615. The van der Waals surface area contributed by atoms with Gasteiger partial charge >= 0.3 is 0 Å². The van der Waals surface area contributed by atoms with Crippen LogP contribution in [0.1, 0.15) is 40.8 Å². The number of carbonyl (C=O) groups excluding carboxylic acids is 2. The highest BCUT2D eigenvalue weighted by molar-refractivity contribution is 7.17. The molecule has 0 spiro atoms. The third-order valence-electron chi connectivity index (χ3n) is 6.23. The number of methoxy groups -OCH3 is 1. The molecular formula is C29H33N3O5S. The van der Waals surface area contributed by atoms with Gasteiger partial charge in [-0.1, -0.05) is 36.4 Å². The van der Waals surface area contributed by atoms with Crippen molar-refractivity contribution in [1.82, 2.24) is 14.8 Å². The summed E-state index contributed by atoms with van der Waals surface area (Å²) in [7, 11) is 5.35. The van der Waals surface area contributed by atoms with E-state index in [1.165, 1.54) is 16.2 Å². The van der Waals surface area contributed by atoms with Crippen molar-refractivity contribution < 1.29 is 24.2 Å². The van der Waals surface area contributed by atoms with Crippen molar-refractivity contribution in [2.24, 2.45) is 0 Å². The van der Waals surface area contributed by atoms with E-state index in [0.29, 0.717) is 45.7 Å². The second-order valence-electron chi connectivity index (χ2n) is 9.67. The molecule has 1 amide bonds. The number of aromatic nitrogens is 1. The molecule has 4 rings (SSSR count). The predicted molar refractivity (Wildman–Crippen MR) is 148 cm³/mol. The zero-order valence-corrected chi connectivity index (χ0v) is 23.3. The van der Waals surface area contributed by atoms with Gasteiger partial charge in [0.05, 0.1) is 35.4 Å². The number of carbonyl (C=O) groups is 2. The Kier molecular flexibility index (Phi) is 8.18. The predicted octanol–water partition coefficient (Wildman–Crippen LogP) is 5.05. The van der Waals surface area contributed by atoms with Crippen LogP contribution in [0.5, 0.6) is 11.5 Å². The number of likely N-dealkylation sites (N-methyl/N-ethyl adjacent to an activating group) is 1. The summed E-state index contributed by atoms with van der Waals surface area (Å²) in [5, 5.41) is 11.8. The number of hydrogen-bond donors (Lipinski definition) is 1. The molecule has 1 unspecified atom stereocenters. The third-order valence-corrected chi connectivity index (χ3v) is 7.43. The largest absolute Gasteiger partial charge is 0.503 e. The summed E-state index contributed by atoms with van der Waals surface area (Å²) < 4.78 is 11.4. The van der Waals surface area contributed by atoms with Crippen LogP contribution in [0.25, 0.3) is 10.6 Å². The van der Waals surface area contributed by atoms with Gasteiger partial charge in [-0.25, -0.2) is 4.98 Å². The molecule has 0 aliphatic carbocycles. The summed E-state index contributed by atoms with van der Waals surface area (Å²) in [5.41, 5.74) is 2.13. The van der Waals surface area contributed by atoms with Crippen LogP contribution in [0.2, 0.25) is 0 Å². The third kappa shape index (κ3) is 5.44. The topological polar surface area (TPSA) is 92.2 Å². The number of nitrogens with zero attached hydrogens (tertiary/aromatic N) is 3. The summed E-state index contributed by atoms with van der Waals surface area (Å²) in [6, 6.07) is 14.2. The molecule has 1 aromatic heterocycles. The SMILES string of the molecule is COc1cc(C2C(C(=O)c3sc(-c4ccccc4)nc3C)=C(O)C(=O)N2CCN(C)C)ccc1OC(C)C. The Morgan fingerprint density at radius 2 is 1.87 bits per heavy atom. The summed E-state index contributed by atoms with van der Waals surface area (Å²) >= 11 is 1.26. The van der Waals surface area contributed by atoms with E-state index in [0.717, 1.165) is 5.56 Å². The zero-order chi connectivity index (χ0) is 27.6. The molecule has 38 heavy (non-hydrogen) atoms. The number of thiazole rings is 1. The van der Waals surface area contributed by atoms with E-state index in [9.17, 15) is 14.7 Å². The van der Waals surface area contributed by atoms with Crippen molar-refractivity contribution >= 4 is 23.0 Å². The molecule has 0 saturated heterocycles. The van der Waals surface area contributed by atoms with E-state index < -0.39 is 23.5 Å². The van der Waals surface area contributed by atoms with E-state index in [2.05, 4.69) is 4.98 Å². The molecule has 9 heteroatoms. The number of hydrogen-bond acceptors (Lipinski definition) is 8. The van der Waals surface area contributed by atoms with E-state index in [-0.39, 0.29) is 11.7 Å². The Morgan fingerprint density at radius 3 is 2.50 bits per heavy atom. The minimum Gasteiger partial charge on any atom is -0.503 e. The minimum absolute atomic E-state index is 0.0414. The lowest BCUT2D eigenvalue weighted by atomic mass is 9.94. The Labute approximate surface area is 227 Å². The van der Waals surface area contributed by atoms with Gasteiger partial charge in [0, 0.05) is 18.7 Å². The molecule has 0 fully saturated rings. The molecule has 0 radical (unpaired) electrons. The number of aliphatic hydroxyl groups excluding tert-OH is 1. The molecule has 1 N–H and O–H groups in total. The number of rotatable bonds is 10. The number of benzene rings is 2.